The Morgan fingerprint density at radius 1 is 1.29 bits per heavy atom. The molecule has 5 nitrogen and oxygen atoms in total. The van der Waals surface area contributed by atoms with E-state index in [0.717, 1.165) is 55.5 Å². The van der Waals surface area contributed by atoms with E-state index >= 15 is 0 Å². The van der Waals surface area contributed by atoms with Crippen LogP contribution in [0.4, 0.5) is 0 Å². The summed E-state index contributed by atoms with van der Waals surface area (Å²) in [6.45, 7) is 12.8. The van der Waals surface area contributed by atoms with E-state index in [2.05, 4.69) is 32.6 Å². The van der Waals surface area contributed by atoms with Crippen LogP contribution in [0.3, 0.4) is 0 Å². The molecular weight excluding hydrogens is 439 g/mol. The van der Waals surface area contributed by atoms with Crippen LogP contribution in [0.5, 0.6) is 0 Å². The van der Waals surface area contributed by atoms with E-state index in [1.807, 2.05) is 19.1 Å². The second-order valence-corrected chi connectivity index (χ2v) is 10.1. The number of benzene rings is 1. The number of ether oxygens (including phenoxy) is 1. The molecule has 166 valence electrons. The maximum Gasteiger partial charge on any atom is 1.00 e. The van der Waals surface area contributed by atoms with Crippen molar-refractivity contribution in [3.8, 4) is 0 Å². The summed E-state index contributed by atoms with van der Waals surface area (Å²) in [7, 11) is 0. The Kier molecular flexibility index (Phi) is 10.3. The van der Waals surface area contributed by atoms with Crippen molar-refractivity contribution in [2.45, 2.75) is 64.0 Å². The topological polar surface area (TPSA) is 55.8 Å². The number of piperidine rings is 1. The Morgan fingerprint density at radius 3 is 2.55 bits per heavy atom. The van der Waals surface area contributed by atoms with Gasteiger partial charge in [-0.1, -0.05) is 43.3 Å². The Hall–Kier alpha value is 0.236. The third kappa shape index (κ3) is 7.11. The fourth-order valence-corrected chi connectivity index (χ4v) is 5.33. The van der Waals surface area contributed by atoms with Gasteiger partial charge in [-0.05, 0) is 75.7 Å². The van der Waals surface area contributed by atoms with E-state index in [1.165, 1.54) is 11.6 Å². The van der Waals surface area contributed by atoms with Crippen LogP contribution in [0.1, 0.15) is 57.9 Å². The fourth-order valence-electron chi connectivity index (χ4n) is 5.04. The molecule has 0 N–H and O–H groups in total. The zero-order valence-corrected chi connectivity index (χ0v) is 23.3. The molecule has 0 aliphatic carbocycles. The zero-order chi connectivity index (χ0) is 21.9. The molecule has 0 radical (unpaired) electrons. The molecule has 1 aromatic rings. The summed E-state index contributed by atoms with van der Waals surface area (Å²) < 4.78 is 5.71. The number of hydroxylamine groups is 2. The standard InChI is InChI=1S/C13H17ClO.C11H17N2O2.K/c1-13(2)9-10(7-8-15-13)11-5-3-4-6-12(11)14;1-3-10(14)12-7-11(8-12)4-5-13(15)9(2)6-11;/h3-6,10H,7-9H2,1-2H3;3,9H,1,4-8H2,2H3;/q;-1;+1. The van der Waals surface area contributed by atoms with Crippen molar-refractivity contribution >= 4 is 17.5 Å². The summed E-state index contributed by atoms with van der Waals surface area (Å²) in [6.07, 6.45) is 5.32. The SMILES string of the molecule is C=CC(=O)N1CC2(CCN([O-])C(C)C2)C1.CC1(C)CC(c2ccccc2Cl)CCO1.[K+]. The molecule has 1 amide bonds. The molecule has 0 bridgehead atoms. The minimum atomic E-state index is -0.0118. The minimum absolute atomic E-state index is 0. The van der Waals surface area contributed by atoms with Gasteiger partial charge >= 0.3 is 51.4 Å². The van der Waals surface area contributed by atoms with Crippen molar-refractivity contribution < 1.29 is 60.9 Å². The molecule has 0 saturated carbocycles. The van der Waals surface area contributed by atoms with E-state index < -0.39 is 0 Å². The van der Waals surface area contributed by atoms with Crippen LogP contribution in [0.25, 0.3) is 0 Å². The average molecular weight is 473 g/mol. The summed E-state index contributed by atoms with van der Waals surface area (Å²) in [5.74, 6) is 0.556. The predicted molar refractivity (Wildman–Crippen MR) is 121 cm³/mol. The van der Waals surface area contributed by atoms with E-state index in [0.29, 0.717) is 12.5 Å². The minimum Gasteiger partial charge on any atom is -0.785 e. The van der Waals surface area contributed by atoms with Crippen LogP contribution in [0, 0.1) is 10.6 Å². The van der Waals surface area contributed by atoms with Crippen LogP contribution >= 0.6 is 11.6 Å². The molecule has 3 aliphatic heterocycles. The zero-order valence-electron chi connectivity index (χ0n) is 19.4. The number of carbonyl (C=O) groups excluding carboxylic acids is 1. The number of hydrogen-bond donors (Lipinski definition) is 0. The first-order chi connectivity index (χ1) is 14.1. The van der Waals surface area contributed by atoms with Crippen LogP contribution in [-0.4, -0.2) is 53.8 Å². The van der Waals surface area contributed by atoms with Crippen molar-refractivity contribution in [3.05, 3.63) is 52.7 Å². The van der Waals surface area contributed by atoms with Crippen molar-refractivity contribution in [2.24, 2.45) is 5.41 Å². The molecule has 3 fully saturated rings. The summed E-state index contributed by atoms with van der Waals surface area (Å²) in [5, 5.41) is 13.4. The van der Waals surface area contributed by atoms with Gasteiger partial charge in [0.15, 0.2) is 0 Å². The van der Waals surface area contributed by atoms with Crippen molar-refractivity contribution in [3.63, 3.8) is 0 Å². The number of hydrogen-bond acceptors (Lipinski definition) is 4. The molecule has 7 heteroatoms. The van der Waals surface area contributed by atoms with Crippen LogP contribution in [-0.2, 0) is 9.53 Å². The van der Waals surface area contributed by atoms with Crippen LogP contribution in [0.15, 0.2) is 36.9 Å². The second-order valence-electron chi connectivity index (χ2n) is 9.66. The molecule has 3 saturated heterocycles. The number of carbonyl (C=O) groups is 1. The van der Waals surface area contributed by atoms with Crippen molar-refractivity contribution in [1.29, 1.82) is 0 Å². The van der Waals surface area contributed by atoms with Crippen molar-refractivity contribution in [2.75, 3.05) is 26.2 Å². The van der Waals surface area contributed by atoms with Gasteiger partial charge in [-0.2, -0.15) is 0 Å². The van der Waals surface area contributed by atoms with Gasteiger partial charge in [-0.15, -0.1) is 0 Å². The summed E-state index contributed by atoms with van der Waals surface area (Å²) in [6, 6.07) is 8.24. The monoisotopic (exact) mass is 472 g/mol. The van der Waals surface area contributed by atoms with Gasteiger partial charge in [0.05, 0.1) is 5.60 Å². The number of nitrogens with zero attached hydrogens (tertiary/aromatic N) is 2. The van der Waals surface area contributed by atoms with Gasteiger partial charge in [0, 0.05) is 30.1 Å². The second kappa shape index (κ2) is 11.6. The van der Waals surface area contributed by atoms with Gasteiger partial charge in [-0.25, -0.2) is 0 Å². The largest absolute Gasteiger partial charge is 1.00 e. The van der Waals surface area contributed by atoms with E-state index in [-0.39, 0.29) is 74.3 Å². The maximum atomic E-state index is 11.3. The van der Waals surface area contributed by atoms with Gasteiger partial charge in [0.25, 0.3) is 0 Å². The van der Waals surface area contributed by atoms with Gasteiger partial charge < -0.3 is 19.9 Å². The third-order valence-corrected chi connectivity index (χ3v) is 7.01. The molecule has 2 atom stereocenters. The number of likely N-dealkylation sites (tertiary alicyclic amines) is 1. The molecule has 1 spiro atoms. The average Bonchev–Trinajstić information content (AvgIpc) is 2.68. The normalized spacial score (nSPS) is 26.7. The summed E-state index contributed by atoms with van der Waals surface area (Å²) in [5.41, 5.74) is 1.48. The predicted octanol–water partition coefficient (Wildman–Crippen LogP) is 2.00. The van der Waals surface area contributed by atoms with E-state index in [4.69, 9.17) is 16.3 Å². The van der Waals surface area contributed by atoms with E-state index in [1.54, 1.807) is 4.90 Å². The Labute approximate surface area is 234 Å². The first-order valence-electron chi connectivity index (χ1n) is 10.9. The quantitative estimate of drug-likeness (QED) is 0.488. The van der Waals surface area contributed by atoms with Crippen LogP contribution < -0.4 is 51.4 Å². The summed E-state index contributed by atoms with van der Waals surface area (Å²) in [4.78, 5) is 13.1. The first kappa shape index (κ1) is 27.5. The molecule has 3 heterocycles. The Balaban J connectivity index is 0.000000213. The number of amides is 1. The first-order valence-corrected chi connectivity index (χ1v) is 11.3. The van der Waals surface area contributed by atoms with Gasteiger partial charge in [-0.3, -0.25) is 4.79 Å². The Bertz CT molecular complexity index is 767. The smallest absolute Gasteiger partial charge is 0.785 e. The molecular formula is C24H34ClKN2O3. The van der Waals surface area contributed by atoms with E-state index in [9.17, 15) is 10.0 Å². The molecule has 31 heavy (non-hydrogen) atoms. The molecule has 0 aromatic heterocycles. The molecule has 1 aromatic carbocycles. The van der Waals surface area contributed by atoms with Crippen molar-refractivity contribution in [1.82, 2.24) is 9.96 Å². The maximum absolute atomic E-state index is 11.3. The third-order valence-electron chi connectivity index (χ3n) is 6.66. The fraction of sp³-hybridized carbons (Fsp3) is 0.625. The van der Waals surface area contributed by atoms with Gasteiger partial charge in [0.1, 0.15) is 0 Å². The molecule has 4 rings (SSSR count). The van der Waals surface area contributed by atoms with Crippen LogP contribution in [0.2, 0.25) is 5.02 Å². The molecule has 2 unspecified atom stereocenters. The molecule has 3 aliphatic rings. The number of rotatable bonds is 2. The summed E-state index contributed by atoms with van der Waals surface area (Å²) >= 11 is 6.21. The Morgan fingerprint density at radius 2 is 1.97 bits per heavy atom. The van der Waals surface area contributed by atoms with Gasteiger partial charge in [0.2, 0.25) is 5.91 Å². The number of halogens is 1.